The van der Waals surface area contributed by atoms with Gasteiger partial charge in [0.15, 0.2) is 0 Å². The maximum absolute atomic E-state index is 13.1. The fourth-order valence-corrected chi connectivity index (χ4v) is 1.88. The summed E-state index contributed by atoms with van der Waals surface area (Å²) < 4.78 is 26.2. The van der Waals surface area contributed by atoms with Gasteiger partial charge in [0, 0.05) is 19.5 Å². The fraction of sp³-hybridized carbons (Fsp3) is 0.462. The molecule has 1 rings (SSSR count). The molecule has 2 unspecified atom stereocenters. The van der Waals surface area contributed by atoms with Crippen LogP contribution in [0.25, 0.3) is 0 Å². The minimum atomic E-state index is -0.847. The van der Waals surface area contributed by atoms with Gasteiger partial charge in [0.25, 0.3) is 0 Å². The highest BCUT2D eigenvalue weighted by atomic mass is 19.1. The van der Waals surface area contributed by atoms with Crippen molar-refractivity contribution in [2.24, 2.45) is 0 Å². The van der Waals surface area contributed by atoms with E-state index in [-0.39, 0.29) is 18.9 Å². The van der Waals surface area contributed by atoms with E-state index in [0.29, 0.717) is 5.56 Å². The van der Waals surface area contributed by atoms with E-state index in [1.165, 1.54) is 19.1 Å². The molecule has 4 nitrogen and oxygen atoms in total. The van der Waals surface area contributed by atoms with Crippen LogP contribution in [0.3, 0.4) is 0 Å². The summed E-state index contributed by atoms with van der Waals surface area (Å²) in [6, 6.07) is 2.54. The van der Waals surface area contributed by atoms with E-state index in [2.05, 4.69) is 10.6 Å². The zero-order valence-electron chi connectivity index (χ0n) is 10.9. The Hall–Kier alpha value is -1.53. The van der Waals surface area contributed by atoms with Crippen LogP contribution in [-0.4, -0.2) is 36.8 Å². The molecule has 0 aliphatic carbocycles. The Kier molecular flexibility index (Phi) is 5.85. The first-order valence-electron chi connectivity index (χ1n) is 5.97. The summed E-state index contributed by atoms with van der Waals surface area (Å²) in [5.74, 6) is -1.67. The highest BCUT2D eigenvalue weighted by Gasteiger charge is 2.20. The van der Waals surface area contributed by atoms with E-state index < -0.39 is 23.8 Å². The number of hydrogen-bond donors (Lipinski definition) is 3. The average molecular weight is 272 g/mol. The number of nitrogens with one attached hydrogen (secondary N) is 2. The van der Waals surface area contributed by atoms with Crippen LogP contribution in [0.15, 0.2) is 18.2 Å². The maximum atomic E-state index is 13.1. The van der Waals surface area contributed by atoms with E-state index in [9.17, 15) is 18.7 Å². The molecule has 6 heteroatoms. The Morgan fingerprint density at radius 2 is 1.89 bits per heavy atom. The van der Waals surface area contributed by atoms with Crippen molar-refractivity contribution in [1.82, 2.24) is 10.6 Å². The number of carbonyl (C=O) groups is 1. The highest BCUT2D eigenvalue weighted by molar-refractivity contribution is 5.73. The number of amides is 1. The Morgan fingerprint density at radius 3 is 2.37 bits per heavy atom. The predicted molar refractivity (Wildman–Crippen MR) is 67.6 cm³/mol. The molecule has 0 heterocycles. The number of hydrogen-bond acceptors (Lipinski definition) is 3. The summed E-state index contributed by atoms with van der Waals surface area (Å²) >= 11 is 0. The third kappa shape index (κ3) is 5.32. The number of aliphatic hydroxyl groups excluding tert-OH is 1. The molecular formula is C13H18F2N2O2. The second-order valence-corrected chi connectivity index (χ2v) is 4.41. The van der Waals surface area contributed by atoms with Crippen LogP contribution in [0.5, 0.6) is 0 Å². The number of benzene rings is 1. The van der Waals surface area contributed by atoms with Crippen LogP contribution in [0, 0.1) is 11.6 Å². The normalized spacial score (nSPS) is 13.9. The van der Waals surface area contributed by atoms with Gasteiger partial charge in [-0.1, -0.05) is 0 Å². The van der Waals surface area contributed by atoms with Gasteiger partial charge in [-0.3, -0.25) is 4.79 Å². The standard InChI is InChI=1S/C13H18F2N2O2/c1-8(18)17-12(13(19)7-16-2)5-9-3-10(14)6-11(15)4-9/h3-4,6,12-13,16,19H,5,7H2,1-2H3,(H,17,18). The first-order valence-corrected chi connectivity index (χ1v) is 5.97. The van der Waals surface area contributed by atoms with Crippen LogP contribution in [0.2, 0.25) is 0 Å². The molecule has 1 aromatic rings. The van der Waals surface area contributed by atoms with E-state index >= 15 is 0 Å². The zero-order chi connectivity index (χ0) is 14.4. The molecule has 1 aromatic carbocycles. The maximum Gasteiger partial charge on any atom is 0.217 e. The van der Waals surface area contributed by atoms with E-state index in [0.717, 1.165) is 6.07 Å². The van der Waals surface area contributed by atoms with E-state index in [4.69, 9.17) is 0 Å². The second kappa shape index (κ2) is 7.16. The smallest absolute Gasteiger partial charge is 0.217 e. The number of likely N-dealkylation sites (N-methyl/N-ethyl adjacent to an activating group) is 1. The van der Waals surface area contributed by atoms with Crippen LogP contribution >= 0.6 is 0 Å². The molecule has 3 N–H and O–H groups in total. The third-order valence-electron chi connectivity index (χ3n) is 2.64. The monoisotopic (exact) mass is 272 g/mol. The van der Waals surface area contributed by atoms with Gasteiger partial charge in [0.2, 0.25) is 5.91 Å². The topological polar surface area (TPSA) is 61.4 Å². The average Bonchev–Trinajstić information content (AvgIpc) is 2.26. The van der Waals surface area contributed by atoms with Gasteiger partial charge in [-0.2, -0.15) is 0 Å². The van der Waals surface area contributed by atoms with Crippen molar-refractivity contribution < 1.29 is 18.7 Å². The Morgan fingerprint density at radius 1 is 1.32 bits per heavy atom. The molecule has 0 spiro atoms. The molecular weight excluding hydrogens is 254 g/mol. The lowest BCUT2D eigenvalue weighted by Gasteiger charge is -2.23. The van der Waals surface area contributed by atoms with Gasteiger partial charge < -0.3 is 15.7 Å². The summed E-state index contributed by atoms with van der Waals surface area (Å²) in [7, 11) is 1.66. The fourth-order valence-electron chi connectivity index (χ4n) is 1.88. The summed E-state index contributed by atoms with van der Waals surface area (Å²) in [4.78, 5) is 11.1. The lowest BCUT2D eigenvalue weighted by molar-refractivity contribution is -0.120. The minimum absolute atomic E-state index is 0.150. The quantitative estimate of drug-likeness (QED) is 0.710. The van der Waals surface area contributed by atoms with Crippen LogP contribution in [0.1, 0.15) is 12.5 Å². The van der Waals surface area contributed by atoms with Crippen LogP contribution in [0.4, 0.5) is 8.78 Å². The molecule has 19 heavy (non-hydrogen) atoms. The van der Waals surface area contributed by atoms with Crippen molar-refractivity contribution in [3.63, 3.8) is 0 Å². The lowest BCUT2D eigenvalue weighted by Crippen LogP contribution is -2.47. The number of carbonyl (C=O) groups excluding carboxylic acids is 1. The van der Waals surface area contributed by atoms with Crippen LogP contribution < -0.4 is 10.6 Å². The molecule has 106 valence electrons. The third-order valence-corrected chi connectivity index (χ3v) is 2.64. The highest BCUT2D eigenvalue weighted by Crippen LogP contribution is 2.11. The van der Waals surface area contributed by atoms with Crippen molar-refractivity contribution >= 4 is 5.91 Å². The molecule has 0 aromatic heterocycles. The van der Waals surface area contributed by atoms with Gasteiger partial charge >= 0.3 is 0 Å². The summed E-state index contributed by atoms with van der Waals surface area (Å²) in [5, 5.41) is 15.3. The molecule has 0 radical (unpaired) electrons. The van der Waals surface area contributed by atoms with Crippen molar-refractivity contribution in [2.45, 2.75) is 25.5 Å². The van der Waals surface area contributed by atoms with Gasteiger partial charge in [-0.05, 0) is 31.2 Å². The molecule has 0 saturated heterocycles. The predicted octanol–water partition coefficient (Wildman–Crippen LogP) is 0.592. The van der Waals surface area contributed by atoms with Crippen molar-refractivity contribution in [3.05, 3.63) is 35.4 Å². The summed E-state index contributed by atoms with van der Waals surface area (Å²) in [5.41, 5.74) is 0.381. The van der Waals surface area contributed by atoms with Crippen molar-refractivity contribution in [1.29, 1.82) is 0 Å². The molecule has 0 aliphatic heterocycles. The second-order valence-electron chi connectivity index (χ2n) is 4.41. The van der Waals surface area contributed by atoms with Gasteiger partial charge in [0.1, 0.15) is 11.6 Å². The van der Waals surface area contributed by atoms with Gasteiger partial charge in [-0.15, -0.1) is 0 Å². The van der Waals surface area contributed by atoms with Crippen molar-refractivity contribution in [3.8, 4) is 0 Å². The molecule has 1 amide bonds. The van der Waals surface area contributed by atoms with Gasteiger partial charge in [0.05, 0.1) is 12.1 Å². The molecule has 0 fully saturated rings. The summed E-state index contributed by atoms with van der Waals surface area (Å²) in [6.45, 7) is 1.59. The first kappa shape index (κ1) is 15.5. The Labute approximate surface area is 110 Å². The summed E-state index contributed by atoms with van der Waals surface area (Å²) in [6.07, 6.45) is -0.697. The SMILES string of the molecule is CNCC(O)C(Cc1cc(F)cc(F)c1)NC(C)=O. The minimum Gasteiger partial charge on any atom is -0.390 e. The number of rotatable bonds is 6. The van der Waals surface area contributed by atoms with Crippen LogP contribution in [-0.2, 0) is 11.2 Å². The zero-order valence-corrected chi connectivity index (χ0v) is 10.9. The van der Waals surface area contributed by atoms with E-state index in [1.807, 2.05) is 0 Å². The molecule has 0 bridgehead atoms. The lowest BCUT2D eigenvalue weighted by atomic mass is 10.0. The van der Waals surface area contributed by atoms with Gasteiger partial charge in [-0.25, -0.2) is 8.78 Å². The number of aliphatic hydroxyl groups is 1. The first-order chi connectivity index (χ1) is 8.92. The largest absolute Gasteiger partial charge is 0.390 e. The molecule has 0 saturated carbocycles. The van der Waals surface area contributed by atoms with E-state index in [1.54, 1.807) is 7.05 Å². The Bertz CT molecular complexity index is 420. The molecule has 0 aliphatic rings. The Balaban J connectivity index is 2.83. The number of halogens is 2. The molecule has 2 atom stereocenters. The van der Waals surface area contributed by atoms with Crippen molar-refractivity contribution in [2.75, 3.05) is 13.6 Å².